The van der Waals surface area contributed by atoms with Crippen molar-refractivity contribution in [2.75, 3.05) is 39.4 Å². The number of hydrogen-bond acceptors (Lipinski definition) is 5. The molecule has 2 fully saturated rings. The van der Waals surface area contributed by atoms with Gasteiger partial charge in [-0.3, -0.25) is 10.1 Å². The highest BCUT2D eigenvalue weighted by molar-refractivity contribution is 5.81. The van der Waals surface area contributed by atoms with Gasteiger partial charge in [0.05, 0.1) is 12.7 Å². The zero-order valence-electron chi connectivity index (χ0n) is 13.5. The highest BCUT2D eigenvalue weighted by Gasteiger charge is 2.42. The molecule has 0 bridgehead atoms. The first-order chi connectivity index (χ1) is 10.2. The molecule has 0 aromatic carbocycles. The molecular formula is C16H30N2O3. The molecule has 0 aromatic heterocycles. The quantitative estimate of drug-likeness (QED) is 0.723. The number of carbonyl (C=O) groups excluding carboxylic acids is 1. The number of carbonyl (C=O) groups is 1. The number of nitrogens with zero attached hydrogens (tertiary/aromatic N) is 1. The smallest absolute Gasteiger partial charge is 0.326 e. The van der Waals surface area contributed by atoms with Crippen molar-refractivity contribution in [1.29, 1.82) is 0 Å². The van der Waals surface area contributed by atoms with Gasteiger partial charge in [-0.25, -0.2) is 0 Å². The predicted molar refractivity (Wildman–Crippen MR) is 82.3 cm³/mol. The molecule has 1 unspecified atom stereocenters. The molecule has 1 atom stereocenters. The molecule has 2 heterocycles. The van der Waals surface area contributed by atoms with Crippen molar-refractivity contribution >= 4 is 5.97 Å². The van der Waals surface area contributed by atoms with Crippen molar-refractivity contribution in [3.8, 4) is 0 Å². The first-order valence-electron chi connectivity index (χ1n) is 8.46. The molecule has 2 saturated heterocycles. The van der Waals surface area contributed by atoms with Crippen molar-refractivity contribution in [3.05, 3.63) is 0 Å². The second kappa shape index (κ2) is 8.11. The van der Waals surface area contributed by atoms with E-state index in [2.05, 4.69) is 17.1 Å². The summed E-state index contributed by atoms with van der Waals surface area (Å²) in [6.07, 6.45) is 5.30. The molecule has 0 amide bonds. The summed E-state index contributed by atoms with van der Waals surface area (Å²) in [7, 11) is 0. The van der Waals surface area contributed by atoms with Crippen LogP contribution in [0.5, 0.6) is 0 Å². The first-order valence-corrected chi connectivity index (χ1v) is 8.46. The Morgan fingerprint density at radius 3 is 2.71 bits per heavy atom. The van der Waals surface area contributed by atoms with Crippen LogP contribution in [-0.2, 0) is 14.3 Å². The summed E-state index contributed by atoms with van der Waals surface area (Å²) in [5.74, 6) is -0.0841. The third-order valence-corrected chi connectivity index (χ3v) is 4.61. The van der Waals surface area contributed by atoms with Gasteiger partial charge >= 0.3 is 5.97 Å². The van der Waals surface area contributed by atoms with E-state index < -0.39 is 5.54 Å². The summed E-state index contributed by atoms with van der Waals surface area (Å²) < 4.78 is 11.0. The fraction of sp³-hybridized carbons (Fsp3) is 0.938. The monoisotopic (exact) mass is 298 g/mol. The molecule has 0 aliphatic carbocycles. The van der Waals surface area contributed by atoms with Gasteiger partial charge in [-0.05, 0) is 45.6 Å². The molecule has 2 rings (SSSR count). The first kappa shape index (κ1) is 16.7. The highest BCUT2D eigenvalue weighted by Crippen LogP contribution is 2.25. The minimum Gasteiger partial charge on any atom is -0.465 e. The number of esters is 1. The highest BCUT2D eigenvalue weighted by atomic mass is 16.5. The molecule has 2 aliphatic heterocycles. The van der Waals surface area contributed by atoms with E-state index in [4.69, 9.17) is 9.47 Å². The lowest BCUT2D eigenvalue weighted by Gasteiger charge is -2.40. The van der Waals surface area contributed by atoms with Crippen molar-refractivity contribution in [2.45, 2.75) is 57.6 Å². The van der Waals surface area contributed by atoms with Gasteiger partial charge in [0.1, 0.15) is 5.54 Å². The second-order valence-electron chi connectivity index (χ2n) is 6.16. The van der Waals surface area contributed by atoms with Crippen molar-refractivity contribution in [1.82, 2.24) is 10.2 Å². The lowest BCUT2D eigenvalue weighted by molar-refractivity contribution is -0.153. The molecule has 2 aliphatic rings. The Labute approximate surface area is 128 Å². The Bertz CT molecular complexity index is 321. The lowest BCUT2D eigenvalue weighted by Crippen LogP contribution is -2.60. The van der Waals surface area contributed by atoms with Crippen molar-refractivity contribution in [3.63, 3.8) is 0 Å². The van der Waals surface area contributed by atoms with Gasteiger partial charge in [0.25, 0.3) is 0 Å². The summed E-state index contributed by atoms with van der Waals surface area (Å²) in [5, 5.41) is 3.50. The van der Waals surface area contributed by atoms with Crippen LogP contribution in [0.3, 0.4) is 0 Å². The summed E-state index contributed by atoms with van der Waals surface area (Å²) in [6.45, 7) is 9.16. The summed E-state index contributed by atoms with van der Waals surface area (Å²) in [4.78, 5) is 14.9. The van der Waals surface area contributed by atoms with E-state index in [1.165, 1.54) is 0 Å². The Morgan fingerprint density at radius 1 is 1.38 bits per heavy atom. The van der Waals surface area contributed by atoms with Crippen LogP contribution in [0, 0.1) is 0 Å². The Hall–Kier alpha value is -0.650. The molecule has 0 saturated carbocycles. The zero-order valence-corrected chi connectivity index (χ0v) is 13.5. The second-order valence-corrected chi connectivity index (χ2v) is 6.16. The van der Waals surface area contributed by atoms with Gasteiger partial charge in [0.15, 0.2) is 0 Å². The Balaban J connectivity index is 1.92. The Kier molecular flexibility index (Phi) is 6.45. The zero-order chi connectivity index (χ0) is 15.1. The largest absolute Gasteiger partial charge is 0.465 e. The number of ether oxygens (including phenoxy) is 2. The fourth-order valence-corrected chi connectivity index (χ4v) is 3.31. The van der Waals surface area contributed by atoms with Crippen LogP contribution < -0.4 is 5.32 Å². The van der Waals surface area contributed by atoms with Crippen molar-refractivity contribution < 1.29 is 14.3 Å². The van der Waals surface area contributed by atoms with Crippen LogP contribution in [0.1, 0.15) is 46.0 Å². The van der Waals surface area contributed by atoms with Crippen molar-refractivity contribution in [2.24, 2.45) is 0 Å². The molecule has 0 aromatic rings. The minimum atomic E-state index is -0.508. The van der Waals surface area contributed by atoms with Crippen LogP contribution in [0.2, 0.25) is 0 Å². The van der Waals surface area contributed by atoms with Crippen LogP contribution in [-0.4, -0.2) is 61.9 Å². The number of nitrogens with one attached hydrogen (secondary N) is 1. The number of rotatable bonds is 7. The molecular weight excluding hydrogens is 268 g/mol. The summed E-state index contributed by atoms with van der Waals surface area (Å²) in [5.41, 5.74) is -0.508. The van der Waals surface area contributed by atoms with Gasteiger partial charge in [-0.1, -0.05) is 6.92 Å². The van der Waals surface area contributed by atoms with E-state index in [9.17, 15) is 4.79 Å². The summed E-state index contributed by atoms with van der Waals surface area (Å²) >= 11 is 0. The van der Waals surface area contributed by atoms with Crippen LogP contribution in [0.4, 0.5) is 0 Å². The molecule has 0 radical (unpaired) electrons. The molecule has 0 spiro atoms. The summed E-state index contributed by atoms with van der Waals surface area (Å²) in [6, 6.07) is 0. The Morgan fingerprint density at radius 2 is 2.14 bits per heavy atom. The van der Waals surface area contributed by atoms with E-state index in [0.29, 0.717) is 6.61 Å². The lowest BCUT2D eigenvalue weighted by atomic mass is 9.87. The molecule has 21 heavy (non-hydrogen) atoms. The van der Waals surface area contributed by atoms with E-state index in [1.807, 2.05) is 6.92 Å². The van der Waals surface area contributed by atoms with E-state index in [1.54, 1.807) is 0 Å². The predicted octanol–water partition coefficient (Wildman–Crippen LogP) is 1.56. The standard InChI is InChI=1S/C16H30N2O3/c1-3-9-18-10-7-16(8-11-18,15(19)20-4-2)17-13-14-6-5-12-21-14/h14,17H,3-13H2,1-2H3. The van der Waals surface area contributed by atoms with Gasteiger partial charge in [0, 0.05) is 26.2 Å². The topological polar surface area (TPSA) is 50.8 Å². The molecule has 5 nitrogen and oxygen atoms in total. The number of likely N-dealkylation sites (tertiary alicyclic amines) is 1. The molecule has 1 N–H and O–H groups in total. The number of hydrogen-bond donors (Lipinski definition) is 1. The third kappa shape index (κ3) is 4.41. The SMILES string of the molecule is CCCN1CCC(NCC2CCCO2)(C(=O)OCC)CC1. The average Bonchev–Trinajstić information content (AvgIpc) is 3.01. The van der Waals surface area contributed by atoms with Gasteiger partial charge < -0.3 is 14.4 Å². The van der Waals surface area contributed by atoms with Crippen LogP contribution in [0.15, 0.2) is 0 Å². The van der Waals surface area contributed by atoms with E-state index in [-0.39, 0.29) is 12.1 Å². The number of piperidine rings is 1. The van der Waals surface area contributed by atoms with Crippen LogP contribution in [0.25, 0.3) is 0 Å². The maximum Gasteiger partial charge on any atom is 0.326 e. The fourth-order valence-electron chi connectivity index (χ4n) is 3.31. The van der Waals surface area contributed by atoms with Gasteiger partial charge in [-0.2, -0.15) is 0 Å². The van der Waals surface area contributed by atoms with Gasteiger partial charge in [-0.15, -0.1) is 0 Å². The normalized spacial score (nSPS) is 25.9. The van der Waals surface area contributed by atoms with E-state index >= 15 is 0 Å². The average molecular weight is 298 g/mol. The maximum atomic E-state index is 12.4. The van der Waals surface area contributed by atoms with Crippen LogP contribution >= 0.6 is 0 Å². The van der Waals surface area contributed by atoms with Gasteiger partial charge in [0.2, 0.25) is 0 Å². The minimum absolute atomic E-state index is 0.0841. The third-order valence-electron chi connectivity index (χ3n) is 4.61. The molecule has 5 heteroatoms. The maximum absolute atomic E-state index is 12.4. The molecule has 122 valence electrons. The van der Waals surface area contributed by atoms with E-state index in [0.717, 1.165) is 64.9 Å².